The Morgan fingerprint density at radius 1 is 0.382 bits per heavy atom. The largest absolute Gasteiger partial charge is 0.456 e. The van der Waals surface area contributed by atoms with E-state index in [1.165, 1.54) is 60.5 Å². The molecule has 1 heterocycles. The summed E-state index contributed by atoms with van der Waals surface area (Å²) >= 11 is 0. The first-order chi connectivity index (χ1) is 27.0. The zero-order chi connectivity index (χ0) is 36.7. The molecule has 1 aliphatic heterocycles. The third-order valence-electron chi connectivity index (χ3n) is 11.8. The van der Waals surface area contributed by atoms with Gasteiger partial charge in [-0.25, -0.2) is 0 Å². The van der Waals surface area contributed by atoms with E-state index in [0.717, 1.165) is 45.3 Å². The first-order valence-corrected chi connectivity index (χ1v) is 19.1. The van der Waals surface area contributed by atoms with Gasteiger partial charge < -0.3 is 9.64 Å². The van der Waals surface area contributed by atoms with E-state index in [4.69, 9.17) is 4.74 Å². The van der Waals surface area contributed by atoms with E-state index in [1.807, 2.05) is 0 Å². The van der Waals surface area contributed by atoms with Crippen LogP contribution < -0.4 is 9.64 Å². The van der Waals surface area contributed by atoms with Crippen LogP contribution in [0.4, 0.5) is 17.1 Å². The lowest BCUT2D eigenvalue weighted by atomic mass is 9.82. The molecule has 2 nitrogen and oxygen atoms in total. The fourth-order valence-electron chi connectivity index (χ4n) is 9.15. The van der Waals surface area contributed by atoms with Gasteiger partial charge in [0.05, 0.1) is 5.69 Å². The van der Waals surface area contributed by atoms with Crippen LogP contribution in [0, 0.1) is 0 Å². The molecule has 0 saturated heterocycles. The van der Waals surface area contributed by atoms with Crippen LogP contribution in [-0.4, -0.2) is 0 Å². The summed E-state index contributed by atoms with van der Waals surface area (Å²) in [5.74, 6) is 1.68. The van der Waals surface area contributed by atoms with Crippen molar-refractivity contribution in [2.24, 2.45) is 0 Å². The van der Waals surface area contributed by atoms with Gasteiger partial charge in [-0.15, -0.1) is 0 Å². The van der Waals surface area contributed by atoms with Gasteiger partial charge >= 0.3 is 0 Å². The zero-order valence-electron chi connectivity index (χ0n) is 30.8. The number of anilines is 3. The number of rotatable bonds is 4. The van der Waals surface area contributed by atoms with E-state index in [1.54, 1.807) is 0 Å². The quantitative estimate of drug-likeness (QED) is 0.169. The van der Waals surface area contributed by atoms with Gasteiger partial charge in [-0.3, -0.25) is 0 Å². The SMILES string of the molecule is CC1(C)c2ccccc2-c2ccc(N(c3ccc4c(c3)Oc3ccc(-c5ccccc5)cc3-c3ccccc3-4)c3cc4ccccc4c4ccccc34)cc21. The minimum atomic E-state index is -0.137. The van der Waals surface area contributed by atoms with E-state index in [-0.39, 0.29) is 5.41 Å². The molecule has 0 bridgehead atoms. The molecule has 260 valence electrons. The van der Waals surface area contributed by atoms with Crippen LogP contribution >= 0.6 is 0 Å². The lowest BCUT2D eigenvalue weighted by Crippen LogP contribution is -2.16. The van der Waals surface area contributed by atoms with E-state index in [9.17, 15) is 0 Å². The second-order valence-corrected chi connectivity index (χ2v) is 15.3. The predicted molar refractivity (Wildman–Crippen MR) is 230 cm³/mol. The fraction of sp³-hybridized carbons (Fsp3) is 0.0566. The zero-order valence-corrected chi connectivity index (χ0v) is 30.8. The highest BCUT2D eigenvalue weighted by molar-refractivity contribution is 6.14. The van der Waals surface area contributed by atoms with Crippen LogP contribution in [0.3, 0.4) is 0 Å². The molecule has 1 aliphatic carbocycles. The molecule has 2 aliphatic rings. The molecule has 2 heteroatoms. The average molecular weight is 704 g/mol. The summed E-state index contributed by atoms with van der Waals surface area (Å²) in [4.78, 5) is 2.44. The van der Waals surface area contributed by atoms with E-state index in [2.05, 4.69) is 207 Å². The van der Waals surface area contributed by atoms with Gasteiger partial charge in [-0.1, -0.05) is 153 Å². The molecule has 9 aromatic carbocycles. The molecule has 0 aromatic heterocycles. The normalized spacial score (nSPS) is 13.2. The Balaban J connectivity index is 1.14. The Hall–Kier alpha value is -6.90. The molecule has 0 radical (unpaired) electrons. The summed E-state index contributed by atoms with van der Waals surface area (Å²) in [6.07, 6.45) is 0. The van der Waals surface area contributed by atoms with Gasteiger partial charge in [-0.05, 0) is 103 Å². The molecule has 0 N–H and O–H groups in total. The Bertz CT molecular complexity index is 2990. The van der Waals surface area contributed by atoms with Crippen molar-refractivity contribution in [2.45, 2.75) is 19.3 Å². The molecule has 0 fully saturated rings. The van der Waals surface area contributed by atoms with Gasteiger partial charge in [0.15, 0.2) is 0 Å². The van der Waals surface area contributed by atoms with Crippen molar-refractivity contribution in [2.75, 3.05) is 4.90 Å². The molecule has 11 rings (SSSR count). The lowest BCUT2D eigenvalue weighted by Gasteiger charge is -2.30. The molecule has 55 heavy (non-hydrogen) atoms. The minimum Gasteiger partial charge on any atom is -0.456 e. The topological polar surface area (TPSA) is 12.5 Å². The smallest absolute Gasteiger partial charge is 0.137 e. The minimum absolute atomic E-state index is 0.137. The number of hydrogen-bond donors (Lipinski definition) is 0. The van der Waals surface area contributed by atoms with Gasteiger partial charge in [0.2, 0.25) is 0 Å². The van der Waals surface area contributed by atoms with Gasteiger partial charge in [0, 0.05) is 39.4 Å². The Morgan fingerprint density at radius 2 is 1.00 bits per heavy atom. The highest BCUT2D eigenvalue weighted by atomic mass is 16.5. The summed E-state index contributed by atoms with van der Waals surface area (Å²) < 4.78 is 7.02. The fourth-order valence-corrected chi connectivity index (χ4v) is 9.15. The number of nitrogens with zero attached hydrogens (tertiary/aromatic N) is 1. The van der Waals surface area contributed by atoms with Crippen LogP contribution in [0.2, 0.25) is 0 Å². The molecule has 9 aromatic rings. The van der Waals surface area contributed by atoms with Crippen LogP contribution in [0.1, 0.15) is 25.0 Å². The van der Waals surface area contributed by atoms with Crippen LogP contribution in [0.25, 0.3) is 66.1 Å². The Kier molecular flexibility index (Phi) is 6.93. The second kappa shape index (κ2) is 12.1. The lowest BCUT2D eigenvalue weighted by molar-refractivity contribution is 0.488. The maximum absolute atomic E-state index is 7.02. The maximum Gasteiger partial charge on any atom is 0.137 e. The number of hydrogen-bond acceptors (Lipinski definition) is 2. The third-order valence-corrected chi connectivity index (χ3v) is 11.8. The Labute approximate surface area is 321 Å². The summed E-state index contributed by atoms with van der Waals surface area (Å²) in [6.45, 7) is 4.71. The first kappa shape index (κ1) is 31.6. The number of benzene rings is 9. The molecule has 0 unspecified atom stereocenters. The second-order valence-electron chi connectivity index (χ2n) is 15.3. The molecule has 0 saturated carbocycles. The van der Waals surface area contributed by atoms with Crippen molar-refractivity contribution in [3.8, 4) is 56.0 Å². The predicted octanol–water partition coefficient (Wildman–Crippen LogP) is 14.9. The van der Waals surface area contributed by atoms with E-state index in [0.29, 0.717) is 0 Å². The van der Waals surface area contributed by atoms with E-state index >= 15 is 0 Å². The molecule has 0 atom stereocenters. The van der Waals surface area contributed by atoms with Gasteiger partial charge in [0.25, 0.3) is 0 Å². The summed E-state index contributed by atoms with van der Waals surface area (Å²) in [7, 11) is 0. The number of fused-ring (bicyclic) bond motifs is 11. The van der Waals surface area contributed by atoms with Crippen molar-refractivity contribution in [3.63, 3.8) is 0 Å². The number of ether oxygens (including phenoxy) is 1. The molecular formula is C53H37NO. The standard InChI is InChI=1S/C53H37NO/c1-53(2)48-23-13-12-21-43(48)44-27-25-37(32-49(44)53)54(50-31-36-16-6-7-17-39(36)40-18-10-11-22-45(40)50)38-26-28-46-41-19-8-9-20-42(41)47-30-35(34-14-4-3-5-15-34)24-29-51(47)55-52(46)33-38/h3-33H,1-2H3. The maximum atomic E-state index is 7.02. The van der Waals surface area contributed by atoms with E-state index < -0.39 is 0 Å². The summed E-state index contributed by atoms with van der Waals surface area (Å²) in [5, 5.41) is 4.89. The van der Waals surface area contributed by atoms with Crippen molar-refractivity contribution >= 4 is 38.6 Å². The van der Waals surface area contributed by atoms with Crippen molar-refractivity contribution in [1.29, 1.82) is 0 Å². The molecule has 0 spiro atoms. The molecular weight excluding hydrogens is 667 g/mol. The van der Waals surface area contributed by atoms with Crippen molar-refractivity contribution in [1.82, 2.24) is 0 Å². The van der Waals surface area contributed by atoms with Crippen LogP contribution in [0.5, 0.6) is 11.5 Å². The third kappa shape index (κ3) is 4.88. The van der Waals surface area contributed by atoms with Gasteiger partial charge in [-0.2, -0.15) is 0 Å². The average Bonchev–Trinajstić information content (AvgIpc) is 3.37. The highest BCUT2D eigenvalue weighted by Crippen LogP contribution is 2.53. The van der Waals surface area contributed by atoms with Gasteiger partial charge in [0.1, 0.15) is 11.5 Å². The summed E-state index contributed by atoms with van der Waals surface area (Å²) in [5.41, 5.74) is 15.3. The van der Waals surface area contributed by atoms with Crippen molar-refractivity contribution < 1.29 is 4.74 Å². The van der Waals surface area contributed by atoms with Crippen LogP contribution in [0.15, 0.2) is 188 Å². The van der Waals surface area contributed by atoms with Crippen molar-refractivity contribution in [3.05, 3.63) is 199 Å². The molecule has 0 amide bonds. The van der Waals surface area contributed by atoms with Crippen LogP contribution in [-0.2, 0) is 5.41 Å². The summed E-state index contributed by atoms with van der Waals surface area (Å²) in [6, 6.07) is 68.4. The first-order valence-electron chi connectivity index (χ1n) is 19.1. The monoisotopic (exact) mass is 703 g/mol. The Morgan fingerprint density at radius 3 is 1.82 bits per heavy atom. The highest BCUT2D eigenvalue weighted by Gasteiger charge is 2.36.